The molecule has 2 aromatic rings. The quantitative estimate of drug-likeness (QED) is 0.753. The molecule has 0 saturated carbocycles. The van der Waals surface area contributed by atoms with E-state index in [4.69, 9.17) is 27.9 Å². The number of nitrogens with zero attached hydrogens (tertiary/aromatic N) is 1. The number of methoxy groups -OCH3 is 1. The molecule has 0 aliphatic heterocycles. The Hall–Kier alpha value is -2.00. The Morgan fingerprint density at radius 3 is 2.61 bits per heavy atom. The average Bonchev–Trinajstić information content (AvgIpc) is 2.54. The van der Waals surface area contributed by atoms with Crippen molar-refractivity contribution in [1.29, 1.82) is 5.26 Å². The van der Waals surface area contributed by atoms with Crippen LogP contribution >= 0.6 is 23.2 Å². The smallest absolute Gasteiger partial charge is 0.218 e. The van der Waals surface area contributed by atoms with Crippen molar-refractivity contribution in [2.45, 2.75) is 4.90 Å². The fourth-order valence-electron chi connectivity index (χ4n) is 1.85. The highest BCUT2D eigenvalue weighted by Gasteiger charge is 2.24. The molecule has 118 valence electrons. The maximum absolute atomic E-state index is 12.6. The van der Waals surface area contributed by atoms with Crippen LogP contribution in [0, 0.1) is 11.3 Å². The number of halogens is 2. The molecule has 7 heteroatoms. The van der Waals surface area contributed by atoms with E-state index in [1.165, 1.54) is 31.4 Å². The molecule has 0 aromatic heterocycles. The largest absolute Gasteiger partial charge is 0.497 e. The number of nitriles is 1. The maximum atomic E-state index is 12.6. The van der Waals surface area contributed by atoms with E-state index in [0.29, 0.717) is 11.3 Å². The lowest BCUT2D eigenvalue weighted by Gasteiger charge is -2.06. The van der Waals surface area contributed by atoms with Gasteiger partial charge in [0.2, 0.25) is 9.84 Å². The number of hydrogen-bond acceptors (Lipinski definition) is 4. The molecule has 0 spiro atoms. The first-order valence-electron chi connectivity index (χ1n) is 6.34. The zero-order valence-corrected chi connectivity index (χ0v) is 14.3. The molecule has 0 aliphatic carbocycles. The number of ether oxygens (including phenoxy) is 1. The van der Waals surface area contributed by atoms with Crippen LogP contribution in [0.1, 0.15) is 5.56 Å². The lowest BCUT2D eigenvalue weighted by Crippen LogP contribution is -2.04. The second-order valence-electron chi connectivity index (χ2n) is 4.48. The van der Waals surface area contributed by atoms with E-state index >= 15 is 0 Å². The standard InChI is InChI=1S/C16H11Cl2NO3S/c1-22-13-4-2-3-11(7-13)8-14(10-19)23(20,21)16-9-12(17)5-6-15(16)18/h2-9H,1H3/b14-8+. The predicted octanol–water partition coefficient (Wildman–Crippen LogP) is 4.34. The lowest BCUT2D eigenvalue weighted by atomic mass is 10.2. The van der Waals surface area contributed by atoms with E-state index in [-0.39, 0.29) is 14.9 Å². The third-order valence-corrected chi connectivity index (χ3v) is 5.36. The highest BCUT2D eigenvalue weighted by atomic mass is 35.5. The van der Waals surface area contributed by atoms with Gasteiger partial charge in [0.15, 0.2) is 0 Å². The van der Waals surface area contributed by atoms with E-state index in [1.807, 2.05) is 0 Å². The maximum Gasteiger partial charge on any atom is 0.218 e. The summed E-state index contributed by atoms with van der Waals surface area (Å²) in [4.78, 5) is -0.641. The molecule has 0 fully saturated rings. The second-order valence-corrected chi connectivity index (χ2v) is 7.21. The minimum Gasteiger partial charge on any atom is -0.497 e. The van der Waals surface area contributed by atoms with E-state index < -0.39 is 14.7 Å². The molecule has 0 saturated heterocycles. The van der Waals surface area contributed by atoms with Gasteiger partial charge in [0, 0.05) is 5.02 Å². The Balaban J connectivity index is 2.57. The molecule has 0 unspecified atom stereocenters. The van der Waals surface area contributed by atoms with Crippen LogP contribution in [0.15, 0.2) is 52.3 Å². The van der Waals surface area contributed by atoms with Crippen molar-refractivity contribution in [3.8, 4) is 11.8 Å². The van der Waals surface area contributed by atoms with Crippen LogP contribution in [0.25, 0.3) is 6.08 Å². The average molecular weight is 368 g/mol. The zero-order chi connectivity index (χ0) is 17.0. The molecule has 0 N–H and O–H groups in total. The molecule has 4 nitrogen and oxygen atoms in total. The first-order chi connectivity index (χ1) is 10.9. The van der Waals surface area contributed by atoms with Gasteiger partial charge in [0.05, 0.1) is 17.0 Å². The first kappa shape index (κ1) is 17.4. The minimum atomic E-state index is -4.08. The summed E-state index contributed by atoms with van der Waals surface area (Å²) in [6, 6.07) is 12.5. The fourth-order valence-corrected chi connectivity index (χ4v) is 3.77. The van der Waals surface area contributed by atoms with Crippen LogP contribution in [0.3, 0.4) is 0 Å². The molecule has 0 bridgehead atoms. The number of allylic oxidation sites excluding steroid dienone is 1. The predicted molar refractivity (Wildman–Crippen MR) is 90.2 cm³/mol. The molecule has 23 heavy (non-hydrogen) atoms. The van der Waals surface area contributed by atoms with Gasteiger partial charge in [-0.2, -0.15) is 5.26 Å². The van der Waals surface area contributed by atoms with Gasteiger partial charge in [-0.3, -0.25) is 0 Å². The number of rotatable bonds is 4. The molecule has 0 amide bonds. The molecule has 0 radical (unpaired) electrons. The molecule has 0 aliphatic rings. The summed E-state index contributed by atoms with van der Waals surface area (Å²) < 4.78 is 30.3. The normalized spacial score (nSPS) is 11.8. The van der Waals surface area contributed by atoms with Gasteiger partial charge in [-0.25, -0.2) is 8.42 Å². The SMILES string of the molecule is COc1cccc(/C=C(\C#N)S(=O)(=O)c2cc(Cl)ccc2Cl)c1. The summed E-state index contributed by atoms with van der Waals surface area (Å²) in [7, 11) is -2.58. The van der Waals surface area contributed by atoms with Crippen molar-refractivity contribution in [3.63, 3.8) is 0 Å². The van der Waals surface area contributed by atoms with Crippen LogP contribution in [0.2, 0.25) is 10.0 Å². The summed E-state index contributed by atoms with van der Waals surface area (Å²) in [5, 5.41) is 9.48. The van der Waals surface area contributed by atoms with Crippen LogP contribution < -0.4 is 4.74 Å². The highest BCUT2D eigenvalue weighted by Crippen LogP contribution is 2.30. The fraction of sp³-hybridized carbons (Fsp3) is 0.0625. The minimum absolute atomic E-state index is 0.00110. The monoisotopic (exact) mass is 367 g/mol. The van der Waals surface area contributed by atoms with Gasteiger partial charge < -0.3 is 4.74 Å². The van der Waals surface area contributed by atoms with Gasteiger partial charge in [0.25, 0.3) is 0 Å². The van der Waals surface area contributed by atoms with Gasteiger partial charge in [-0.1, -0.05) is 35.3 Å². The summed E-state index contributed by atoms with van der Waals surface area (Å²) in [5.41, 5.74) is 0.516. The Labute approximate surface area is 144 Å². The van der Waals surface area contributed by atoms with E-state index in [1.54, 1.807) is 30.3 Å². The highest BCUT2D eigenvalue weighted by molar-refractivity contribution is 7.95. The van der Waals surface area contributed by atoms with Crippen LogP contribution in [0.4, 0.5) is 0 Å². The van der Waals surface area contributed by atoms with E-state index in [9.17, 15) is 13.7 Å². The van der Waals surface area contributed by atoms with Crippen molar-refractivity contribution in [1.82, 2.24) is 0 Å². The van der Waals surface area contributed by atoms with Crippen LogP contribution in [0.5, 0.6) is 5.75 Å². The van der Waals surface area contributed by atoms with Gasteiger partial charge in [-0.05, 0) is 42.0 Å². The van der Waals surface area contributed by atoms with Crippen molar-refractivity contribution in [2.75, 3.05) is 7.11 Å². The molecular formula is C16H11Cl2NO3S. The first-order valence-corrected chi connectivity index (χ1v) is 8.58. The topological polar surface area (TPSA) is 67.2 Å². The summed E-state index contributed by atoms with van der Waals surface area (Å²) >= 11 is 11.8. The zero-order valence-electron chi connectivity index (χ0n) is 12.0. The Morgan fingerprint density at radius 1 is 1.22 bits per heavy atom. The van der Waals surface area contributed by atoms with E-state index in [0.717, 1.165) is 0 Å². The molecule has 2 rings (SSSR count). The molecule has 2 aromatic carbocycles. The van der Waals surface area contributed by atoms with Crippen molar-refractivity contribution in [2.24, 2.45) is 0 Å². The molecule has 0 heterocycles. The molecule has 0 atom stereocenters. The summed E-state index contributed by atoms with van der Waals surface area (Å²) in [6.07, 6.45) is 1.26. The van der Waals surface area contributed by atoms with Crippen LogP contribution in [-0.4, -0.2) is 15.5 Å². The van der Waals surface area contributed by atoms with Crippen molar-refractivity contribution >= 4 is 39.1 Å². The third kappa shape index (κ3) is 3.85. The Kier molecular flexibility index (Phi) is 5.32. The summed E-state index contributed by atoms with van der Waals surface area (Å²) in [5.74, 6) is 0.550. The van der Waals surface area contributed by atoms with E-state index in [2.05, 4.69) is 0 Å². The second kappa shape index (κ2) is 7.05. The van der Waals surface area contributed by atoms with Gasteiger partial charge in [0.1, 0.15) is 16.7 Å². The van der Waals surface area contributed by atoms with Crippen LogP contribution in [-0.2, 0) is 9.84 Å². The lowest BCUT2D eigenvalue weighted by molar-refractivity contribution is 0.414. The summed E-state index contributed by atoms with van der Waals surface area (Å²) in [6.45, 7) is 0. The number of hydrogen-bond donors (Lipinski definition) is 0. The molecular weight excluding hydrogens is 357 g/mol. The Bertz CT molecular complexity index is 915. The number of benzene rings is 2. The van der Waals surface area contributed by atoms with Crippen molar-refractivity contribution in [3.05, 3.63) is 63.0 Å². The van der Waals surface area contributed by atoms with Gasteiger partial charge in [-0.15, -0.1) is 0 Å². The Morgan fingerprint density at radius 2 is 1.96 bits per heavy atom. The third-order valence-electron chi connectivity index (χ3n) is 2.97. The van der Waals surface area contributed by atoms with Crippen molar-refractivity contribution < 1.29 is 13.2 Å². The number of sulfone groups is 1. The van der Waals surface area contributed by atoms with Gasteiger partial charge >= 0.3 is 0 Å².